The van der Waals surface area contributed by atoms with Gasteiger partial charge in [0.25, 0.3) is 0 Å². The Labute approximate surface area is 104 Å². The Balaban J connectivity index is 2.29. The molecule has 1 aliphatic heterocycles. The van der Waals surface area contributed by atoms with Crippen LogP contribution in [0.2, 0.25) is 0 Å². The summed E-state index contributed by atoms with van der Waals surface area (Å²) in [6.45, 7) is 7.89. The van der Waals surface area contributed by atoms with Crippen LogP contribution in [0.5, 0.6) is 0 Å². The second-order valence-corrected chi connectivity index (χ2v) is 5.31. The van der Waals surface area contributed by atoms with Crippen LogP contribution in [0.25, 0.3) is 0 Å². The molecule has 17 heavy (non-hydrogen) atoms. The number of piperidine rings is 1. The van der Waals surface area contributed by atoms with Crippen molar-refractivity contribution in [1.82, 2.24) is 9.88 Å². The molecular weight excluding hydrogens is 210 g/mol. The van der Waals surface area contributed by atoms with Gasteiger partial charge in [-0.15, -0.1) is 0 Å². The molecule has 0 spiro atoms. The molecule has 3 nitrogen and oxygen atoms in total. The Bertz CT molecular complexity index is 387. The molecule has 3 heteroatoms. The van der Waals surface area contributed by atoms with Gasteiger partial charge in [0.05, 0.1) is 0 Å². The number of nitrogen functional groups attached to an aromatic ring is 1. The second-order valence-electron chi connectivity index (χ2n) is 5.31. The summed E-state index contributed by atoms with van der Waals surface area (Å²) in [7, 11) is 0. The number of aromatic nitrogens is 1. The van der Waals surface area contributed by atoms with E-state index in [2.05, 4.69) is 30.7 Å². The zero-order valence-corrected chi connectivity index (χ0v) is 11.1. The maximum atomic E-state index is 5.73. The molecule has 2 N–H and O–H groups in total. The van der Waals surface area contributed by atoms with E-state index in [-0.39, 0.29) is 0 Å². The van der Waals surface area contributed by atoms with Gasteiger partial charge >= 0.3 is 0 Å². The molecule has 2 heterocycles. The Hall–Kier alpha value is -1.09. The third-order valence-corrected chi connectivity index (χ3v) is 3.74. The minimum absolute atomic E-state index is 0.525. The molecule has 1 atom stereocenters. The van der Waals surface area contributed by atoms with E-state index in [0.29, 0.717) is 17.9 Å². The smallest absolute Gasteiger partial charge is 0.123 e. The van der Waals surface area contributed by atoms with E-state index >= 15 is 0 Å². The minimum atomic E-state index is 0.525. The molecule has 0 bridgehead atoms. The monoisotopic (exact) mass is 233 g/mol. The Morgan fingerprint density at radius 3 is 2.82 bits per heavy atom. The van der Waals surface area contributed by atoms with Gasteiger partial charge in [0.15, 0.2) is 0 Å². The normalized spacial score (nSPS) is 22.0. The number of hydrogen-bond donors (Lipinski definition) is 1. The van der Waals surface area contributed by atoms with Gasteiger partial charge in [-0.1, -0.05) is 6.42 Å². The zero-order valence-electron chi connectivity index (χ0n) is 11.1. The Morgan fingerprint density at radius 2 is 2.18 bits per heavy atom. The summed E-state index contributed by atoms with van der Waals surface area (Å²) in [5.41, 5.74) is 8.35. The zero-order chi connectivity index (χ0) is 12.4. The first-order chi connectivity index (χ1) is 8.09. The number of nitrogens with two attached hydrogens (primary N) is 1. The fourth-order valence-corrected chi connectivity index (χ4v) is 2.84. The Kier molecular flexibility index (Phi) is 3.67. The summed E-state index contributed by atoms with van der Waals surface area (Å²) in [5.74, 6) is 0.623. The van der Waals surface area contributed by atoms with Crippen LogP contribution >= 0.6 is 0 Å². The first-order valence-corrected chi connectivity index (χ1v) is 6.57. The van der Waals surface area contributed by atoms with Crippen LogP contribution in [-0.2, 0) is 0 Å². The third-order valence-electron chi connectivity index (χ3n) is 3.74. The van der Waals surface area contributed by atoms with E-state index in [4.69, 9.17) is 5.73 Å². The SMILES string of the molecule is Cc1cc(N)ncc1[C@@H]1CCCCN1C(C)C. The van der Waals surface area contributed by atoms with Gasteiger partial charge in [0.2, 0.25) is 0 Å². The predicted octanol–water partition coefficient (Wildman–Crippen LogP) is 2.91. The molecule has 2 rings (SSSR count). The molecule has 0 saturated carbocycles. The first kappa shape index (κ1) is 12.4. The molecule has 0 aliphatic carbocycles. The summed E-state index contributed by atoms with van der Waals surface area (Å²) < 4.78 is 0. The highest BCUT2D eigenvalue weighted by Crippen LogP contribution is 2.33. The summed E-state index contributed by atoms with van der Waals surface area (Å²) >= 11 is 0. The first-order valence-electron chi connectivity index (χ1n) is 6.57. The van der Waals surface area contributed by atoms with Crippen LogP contribution in [0.1, 0.15) is 50.3 Å². The molecular formula is C14H23N3. The van der Waals surface area contributed by atoms with E-state index in [0.717, 1.165) is 0 Å². The number of aryl methyl sites for hydroxylation is 1. The Morgan fingerprint density at radius 1 is 1.41 bits per heavy atom. The van der Waals surface area contributed by atoms with Crippen molar-refractivity contribution < 1.29 is 0 Å². The van der Waals surface area contributed by atoms with Crippen molar-refractivity contribution in [3.8, 4) is 0 Å². The standard InChI is InChI=1S/C14H23N3/c1-10(2)17-7-5-4-6-13(17)12-9-16-14(15)8-11(12)3/h8-10,13H,4-7H2,1-3H3,(H2,15,16)/t13-/m0/s1. The lowest BCUT2D eigenvalue weighted by atomic mass is 9.92. The van der Waals surface area contributed by atoms with E-state index in [9.17, 15) is 0 Å². The predicted molar refractivity (Wildman–Crippen MR) is 71.8 cm³/mol. The van der Waals surface area contributed by atoms with Crippen molar-refractivity contribution in [3.63, 3.8) is 0 Å². The van der Waals surface area contributed by atoms with Crippen molar-refractivity contribution in [2.45, 2.75) is 52.1 Å². The summed E-state index contributed by atoms with van der Waals surface area (Å²) in [6.07, 6.45) is 5.84. The van der Waals surface area contributed by atoms with Crippen LogP contribution < -0.4 is 5.73 Å². The largest absolute Gasteiger partial charge is 0.384 e. The number of nitrogens with zero attached hydrogens (tertiary/aromatic N) is 2. The van der Waals surface area contributed by atoms with Crippen molar-refractivity contribution in [2.24, 2.45) is 0 Å². The maximum Gasteiger partial charge on any atom is 0.123 e. The highest BCUT2D eigenvalue weighted by atomic mass is 15.2. The average Bonchev–Trinajstić information content (AvgIpc) is 2.29. The molecule has 1 aliphatic rings. The molecule has 0 radical (unpaired) electrons. The number of pyridine rings is 1. The van der Waals surface area contributed by atoms with E-state index in [1.165, 1.54) is 36.9 Å². The molecule has 0 unspecified atom stereocenters. The number of likely N-dealkylation sites (tertiary alicyclic amines) is 1. The van der Waals surface area contributed by atoms with Crippen molar-refractivity contribution in [3.05, 3.63) is 23.4 Å². The van der Waals surface area contributed by atoms with Gasteiger partial charge in [-0.05, 0) is 57.4 Å². The number of anilines is 1. The summed E-state index contributed by atoms with van der Waals surface area (Å²) in [6, 6.07) is 3.11. The lowest BCUT2D eigenvalue weighted by molar-refractivity contribution is 0.111. The molecule has 1 fully saturated rings. The van der Waals surface area contributed by atoms with Gasteiger partial charge in [-0.2, -0.15) is 0 Å². The fourth-order valence-electron chi connectivity index (χ4n) is 2.84. The quantitative estimate of drug-likeness (QED) is 0.854. The van der Waals surface area contributed by atoms with E-state index in [1.807, 2.05) is 12.3 Å². The van der Waals surface area contributed by atoms with Crippen LogP contribution in [0.15, 0.2) is 12.3 Å². The van der Waals surface area contributed by atoms with Crippen LogP contribution in [0.4, 0.5) is 5.82 Å². The maximum absolute atomic E-state index is 5.73. The molecule has 1 aromatic heterocycles. The molecule has 94 valence electrons. The van der Waals surface area contributed by atoms with Gasteiger partial charge < -0.3 is 5.73 Å². The van der Waals surface area contributed by atoms with Crippen LogP contribution in [0.3, 0.4) is 0 Å². The summed E-state index contributed by atoms with van der Waals surface area (Å²) in [5, 5.41) is 0. The van der Waals surface area contributed by atoms with Crippen LogP contribution in [-0.4, -0.2) is 22.5 Å². The van der Waals surface area contributed by atoms with Crippen molar-refractivity contribution in [1.29, 1.82) is 0 Å². The van der Waals surface area contributed by atoms with Gasteiger partial charge in [-0.3, -0.25) is 4.90 Å². The van der Waals surface area contributed by atoms with Crippen molar-refractivity contribution in [2.75, 3.05) is 12.3 Å². The molecule has 1 saturated heterocycles. The minimum Gasteiger partial charge on any atom is -0.384 e. The highest BCUT2D eigenvalue weighted by Gasteiger charge is 2.27. The van der Waals surface area contributed by atoms with E-state index < -0.39 is 0 Å². The summed E-state index contributed by atoms with van der Waals surface area (Å²) in [4.78, 5) is 6.85. The number of hydrogen-bond acceptors (Lipinski definition) is 3. The lowest BCUT2D eigenvalue weighted by Crippen LogP contribution is -2.38. The topological polar surface area (TPSA) is 42.1 Å². The molecule has 0 aromatic carbocycles. The molecule has 1 aromatic rings. The fraction of sp³-hybridized carbons (Fsp3) is 0.643. The van der Waals surface area contributed by atoms with Crippen molar-refractivity contribution >= 4 is 5.82 Å². The molecule has 0 amide bonds. The van der Waals surface area contributed by atoms with Gasteiger partial charge in [0.1, 0.15) is 5.82 Å². The van der Waals surface area contributed by atoms with E-state index in [1.54, 1.807) is 0 Å². The van der Waals surface area contributed by atoms with Crippen LogP contribution in [0, 0.1) is 6.92 Å². The second kappa shape index (κ2) is 5.05. The highest BCUT2D eigenvalue weighted by molar-refractivity contribution is 5.37. The van der Waals surface area contributed by atoms with Gasteiger partial charge in [0, 0.05) is 18.3 Å². The third kappa shape index (κ3) is 2.60. The lowest BCUT2D eigenvalue weighted by Gasteiger charge is -2.39. The van der Waals surface area contributed by atoms with Gasteiger partial charge in [-0.25, -0.2) is 4.98 Å². The number of rotatable bonds is 2. The average molecular weight is 233 g/mol.